The molecule has 5 heteroatoms. The maximum absolute atomic E-state index is 11.7. The Kier molecular flexibility index (Phi) is 2.83. The summed E-state index contributed by atoms with van der Waals surface area (Å²) in [6, 6.07) is 3.65. The minimum atomic E-state index is -1.00. The lowest BCUT2D eigenvalue weighted by Crippen LogP contribution is -2.43. The van der Waals surface area contributed by atoms with Crippen molar-refractivity contribution in [3.8, 4) is 0 Å². The number of nitrogens with one attached hydrogen (secondary N) is 1. The number of aromatic nitrogens is 1. The Morgan fingerprint density at radius 2 is 2.18 bits per heavy atom. The van der Waals surface area contributed by atoms with Gasteiger partial charge in [-0.15, -0.1) is 0 Å². The minimum Gasteiger partial charge on any atom is -0.480 e. The van der Waals surface area contributed by atoms with E-state index >= 15 is 0 Å². The van der Waals surface area contributed by atoms with E-state index in [1.54, 1.807) is 6.20 Å². The third kappa shape index (κ3) is 2.61. The molecule has 0 saturated heterocycles. The molecule has 17 heavy (non-hydrogen) atoms. The third-order valence-electron chi connectivity index (χ3n) is 2.88. The molecule has 0 radical (unpaired) electrons. The predicted octanol–water partition coefficient (Wildman–Crippen LogP) is 0.666. The van der Waals surface area contributed by atoms with Crippen LogP contribution in [0.4, 0.5) is 0 Å². The lowest BCUT2D eigenvalue weighted by atomic mass is 10.1. The van der Waals surface area contributed by atoms with Gasteiger partial charge in [0.1, 0.15) is 5.54 Å². The van der Waals surface area contributed by atoms with E-state index in [2.05, 4.69) is 10.3 Å². The second-order valence-corrected chi connectivity index (χ2v) is 4.42. The average Bonchev–Trinajstić information content (AvgIpc) is 3.02. The summed E-state index contributed by atoms with van der Waals surface area (Å²) < 4.78 is 0. The van der Waals surface area contributed by atoms with Crippen LogP contribution in [-0.4, -0.2) is 27.5 Å². The summed E-state index contributed by atoms with van der Waals surface area (Å²) >= 11 is 0. The van der Waals surface area contributed by atoms with Crippen LogP contribution in [0, 0.1) is 6.92 Å². The van der Waals surface area contributed by atoms with Crippen LogP contribution in [0.2, 0.25) is 0 Å². The molecule has 1 amide bonds. The monoisotopic (exact) mass is 234 g/mol. The van der Waals surface area contributed by atoms with Crippen LogP contribution in [-0.2, 0) is 16.0 Å². The second-order valence-electron chi connectivity index (χ2n) is 4.42. The van der Waals surface area contributed by atoms with Crippen LogP contribution in [0.3, 0.4) is 0 Å². The van der Waals surface area contributed by atoms with Gasteiger partial charge < -0.3 is 10.4 Å². The minimum absolute atomic E-state index is 0.169. The summed E-state index contributed by atoms with van der Waals surface area (Å²) in [4.78, 5) is 26.6. The molecular weight excluding hydrogens is 220 g/mol. The molecule has 1 saturated carbocycles. The van der Waals surface area contributed by atoms with Crippen LogP contribution >= 0.6 is 0 Å². The maximum Gasteiger partial charge on any atom is 0.329 e. The van der Waals surface area contributed by atoms with E-state index in [1.165, 1.54) is 0 Å². The van der Waals surface area contributed by atoms with Crippen molar-refractivity contribution >= 4 is 11.9 Å². The number of nitrogens with zero attached hydrogens (tertiary/aromatic N) is 1. The molecule has 1 aromatic heterocycles. The van der Waals surface area contributed by atoms with Gasteiger partial charge in [-0.2, -0.15) is 0 Å². The fraction of sp³-hybridized carbons (Fsp3) is 0.417. The molecule has 2 rings (SSSR count). The van der Waals surface area contributed by atoms with Gasteiger partial charge in [0.05, 0.1) is 6.42 Å². The van der Waals surface area contributed by atoms with Crippen molar-refractivity contribution < 1.29 is 14.7 Å². The summed E-state index contributed by atoms with van der Waals surface area (Å²) in [7, 11) is 0. The quantitative estimate of drug-likeness (QED) is 0.802. The lowest BCUT2D eigenvalue weighted by Gasteiger charge is -2.12. The first kappa shape index (κ1) is 11.6. The zero-order valence-corrected chi connectivity index (χ0v) is 9.56. The second kappa shape index (κ2) is 4.16. The Labute approximate surface area is 98.9 Å². The number of hydrogen-bond donors (Lipinski definition) is 2. The number of amides is 1. The first-order valence-corrected chi connectivity index (χ1v) is 5.48. The van der Waals surface area contributed by atoms with Gasteiger partial charge in [0.25, 0.3) is 0 Å². The molecule has 1 fully saturated rings. The van der Waals surface area contributed by atoms with E-state index in [-0.39, 0.29) is 12.3 Å². The molecule has 0 aliphatic heterocycles. The van der Waals surface area contributed by atoms with E-state index in [1.807, 2.05) is 19.1 Å². The Hall–Kier alpha value is -1.91. The van der Waals surface area contributed by atoms with Crippen molar-refractivity contribution in [1.29, 1.82) is 0 Å². The molecule has 1 aliphatic rings. The Balaban J connectivity index is 1.94. The SMILES string of the molecule is Cc1ccc(CC(=O)NC2(C(=O)O)CC2)cn1. The summed E-state index contributed by atoms with van der Waals surface area (Å²) in [5, 5.41) is 11.5. The molecule has 0 bridgehead atoms. The Bertz CT molecular complexity index is 449. The third-order valence-corrected chi connectivity index (χ3v) is 2.88. The molecule has 0 unspecified atom stereocenters. The summed E-state index contributed by atoms with van der Waals surface area (Å²) in [5.74, 6) is -1.22. The largest absolute Gasteiger partial charge is 0.480 e. The first-order valence-electron chi connectivity index (χ1n) is 5.48. The number of aryl methyl sites for hydroxylation is 1. The van der Waals surface area contributed by atoms with Crippen LogP contribution in [0.25, 0.3) is 0 Å². The van der Waals surface area contributed by atoms with Gasteiger partial charge in [-0.05, 0) is 31.4 Å². The van der Waals surface area contributed by atoms with Crippen LogP contribution in [0.1, 0.15) is 24.1 Å². The lowest BCUT2D eigenvalue weighted by molar-refractivity contribution is -0.143. The normalized spacial score (nSPS) is 16.3. The van der Waals surface area contributed by atoms with Crippen LogP contribution in [0.5, 0.6) is 0 Å². The molecule has 90 valence electrons. The predicted molar refractivity (Wildman–Crippen MR) is 60.4 cm³/mol. The van der Waals surface area contributed by atoms with Crippen molar-refractivity contribution in [3.63, 3.8) is 0 Å². The molecule has 1 aliphatic carbocycles. The summed E-state index contributed by atoms with van der Waals surface area (Å²) in [5.41, 5.74) is 0.669. The number of rotatable bonds is 4. The number of hydrogen-bond acceptors (Lipinski definition) is 3. The molecule has 1 heterocycles. The smallest absolute Gasteiger partial charge is 0.329 e. The number of carboxylic acids is 1. The summed E-state index contributed by atoms with van der Waals surface area (Å²) in [6.45, 7) is 1.87. The number of pyridine rings is 1. The number of carboxylic acid groups (broad SMARTS) is 1. The number of carbonyl (C=O) groups is 2. The molecule has 1 aromatic rings. The zero-order chi connectivity index (χ0) is 12.5. The molecule has 0 spiro atoms. The number of aliphatic carboxylic acids is 1. The van der Waals surface area contributed by atoms with Crippen molar-refractivity contribution in [2.75, 3.05) is 0 Å². The van der Waals surface area contributed by atoms with Crippen molar-refractivity contribution in [3.05, 3.63) is 29.6 Å². The van der Waals surface area contributed by atoms with E-state index in [9.17, 15) is 9.59 Å². The van der Waals surface area contributed by atoms with Crippen molar-refractivity contribution in [1.82, 2.24) is 10.3 Å². The molecular formula is C12H14N2O3. The van der Waals surface area contributed by atoms with Gasteiger partial charge in [0.2, 0.25) is 5.91 Å². The van der Waals surface area contributed by atoms with E-state index in [4.69, 9.17) is 5.11 Å². The standard InChI is InChI=1S/C12H14N2O3/c1-8-2-3-9(7-13-8)6-10(15)14-12(4-5-12)11(16)17/h2-3,7H,4-6H2,1H3,(H,14,15)(H,16,17). The fourth-order valence-corrected chi connectivity index (χ4v) is 1.62. The van der Waals surface area contributed by atoms with Crippen LogP contribution < -0.4 is 5.32 Å². The molecule has 0 atom stereocenters. The van der Waals surface area contributed by atoms with E-state index in [0.29, 0.717) is 12.8 Å². The Morgan fingerprint density at radius 3 is 2.65 bits per heavy atom. The van der Waals surface area contributed by atoms with E-state index < -0.39 is 11.5 Å². The van der Waals surface area contributed by atoms with Gasteiger partial charge in [-0.1, -0.05) is 6.07 Å². The topological polar surface area (TPSA) is 79.3 Å². The number of carbonyl (C=O) groups excluding carboxylic acids is 1. The zero-order valence-electron chi connectivity index (χ0n) is 9.56. The van der Waals surface area contributed by atoms with Gasteiger partial charge in [0, 0.05) is 11.9 Å². The van der Waals surface area contributed by atoms with Gasteiger partial charge in [0.15, 0.2) is 0 Å². The highest BCUT2D eigenvalue weighted by Crippen LogP contribution is 2.35. The van der Waals surface area contributed by atoms with Gasteiger partial charge in [-0.3, -0.25) is 9.78 Å². The Morgan fingerprint density at radius 1 is 1.47 bits per heavy atom. The summed E-state index contributed by atoms with van der Waals surface area (Å²) in [6.07, 6.45) is 2.83. The van der Waals surface area contributed by atoms with Crippen molar-refractivity contribution in [2.45, 2.75) is 31.7 Å². The van der Waals surface area contributed by atoms with E-state index in [0.717, 1.165) is 11.3 Å². The highest BCUT2D eigenvalue weighted by Gasteiger charge is 2.51. The average molecular weight is 234 g/mol. The van der Waals surface area contributed by atoms with Crippen LogP contribution in [0.15, 0.2) is 18.3 Å². The molecule has 0 aromatic carbocycles. The highest BCUT2D eigenvalue weighted by atomic mass is 16.4. The highest BCUT2D eigenvalue weighted by molar-refractivity contribution is 5.90. The molecule has 5 nitrogen and oxygen atoms in total. The van der Waals surface area contributed by atoms with Crippen molar-refractivity contribution in [2.24, 2.45) is 0 Å². The van der Waals surface area contributed by atoms with Gasteiger partial charge in [-0.25, -0.2) is 4.79 Å². The van der Waals surface area contributed by atoms with Gasteiger partial charge >= 0.3 is 5.97 Å². The molecule has 2 N–H and O–H groups in total. The fourth-order valence-electron chi connectivity index (χ4n) is 1.62. The first-order chi connectivity index (χ1) is 8.02. The maximum atomic E-state index is 11.7.